The highest BCUT2D eigenvalue weighted by Crippen LogP contribution is 2.48. The third-order valence-electron chi connectivity index (χ3n) is 6.32. The Morgan fingerprint density at radius 3 is 2.37 bits per heavy atom. The van der Waals surface area contributed by atoms with Crippen LogP contribution in [0, 0.1) is 11.2 Å². The lowest BCUT2D eigenvalue weighted by molar-refractivity contribution is -0.128. The van der Waals surface area contributed by atoms with Crippen LogP contribution in [0.25, 0.3) is 0 Å². The fourth-order valence-corrected chi connectivity index (χ4v) is 5.35. The largest absolute Gasteiger partial charge is 0.342 e. The van der Waals surface area contributed by atoms with Gasteiger partial charge in [0.05, 0.1) is 4.90 Å². The van der Waals surface area contributed by atoms with Crippen molar-refractivity contribution < 1.29 is 17.6 Å². The molecule has 1 aliphatic heterocycles. The van der Waals surface area contributed by atoms with Crippen molar-refractivity contribution in [3.05, 3.63) is 65.0 Å². The second kappa shape index (κ2) is 8.12. The second-order valence-electron chi connectivity index (χ2n) is 8.56. The molecule has 4 rings (SSSR count). The van der Waals surface area contributed by atoms with Crippen molar-refractivity contribution in [2.75, 3.05) is 19.6 Å². The molecule has 160 valence electrons. The molecule has 0 saturated heterocycles. The SMILES string of the molecule is CC(=O)N1CCc2ccc(S(=O)(=O)NCC3(Cc4ccc(F)cc4)CC3)cc2CC1. The van der Waals surface area contributed by atoms with Crippen LogP contribution in [0.5, 0.6) is 0 Å². The van der Waals surface area contributed by atoms with E-state index in [1.165, 1.54) is 12.1 Å². The number of hydrogen-bond donors (Lipinski definition) is 1. The molecule has 1 saturated carbocycles. The number of benzene rings is 2. The summed E-state index contributed by atoms with van der Waals surface area (Å²) in [5.74, 6) is -0.216. The van der Waals surface area contributed by atoms with E-state index in [2.05, 4.69) is 4.72 Å². The number of carbonyl (C=O) groups is 1. The van der Waals surface area contributed by atoms with E-state index in [1.54, 1.807) is 36.1 Å². The predicted molar refractivity (Wildman–Crippen MR) is 113 cm³/mol. The quantitative estimate of drug-likeness (QED) is 0.766. The number of nitrogens with zero attached hydrogens (tertiary/aromatic N) is 1. The number of amides is 1. The minimum absolute atomic E-state index is 0.0493. The normalized spacial score (nSPS) is 17.9. The maximum atomic E-state index is 13.1. The van der Waals surface area contributed by atoms with Gasteiger partial charge in [-0.2, -0.15) is 0 Å². The van der Waals surface area contributed by atoms with Gasteiger partial charge in [0.1, 0.15) is 5.82 Å². The van der Waals surface area contributed by atoms with Crippen LogP contribution >= 0.6 is 0 Å². The Labute approximate surface area is 177 Å². The van der Waals surface area contributed by atoms with E-state index in [1.807, 2.05) is 6.07 Å². The van der Waals surface area contributed by atoms with Gasteiger partial charge in [0.15, 0.2) is 0 Å². The molecule has 5 nitrogen and oxygen atoms in total. The van der Waals surface area contributed by atoms with Gasteiger partial charge in [-0.3, -0.25) is 4.79 Å². The predicted octanol–water partition coefficient (Wildman–Crippen LogP) is 3.07. The van der Waals surface area contributed by atoms with Crippen LogP contribution in [-0.2, 0) is 34.1 Å². The summed E-state index contributed by atoms with van der Waals surface area (Å²) in [4.78, 5) is 13.7. The summed E-state index contributed by atoms with van der Waals surface area (Å²) in [5, 5.41) is 0. The molecule has 2 aliphatic rings. The highest BCUT2D eigenvalue weighted by molar-refractivity contribution is 7.89. The van der Waals surface area contributed by atoms with Gasteiger partial charge < -0.3 is 4.90 Å². The molecule has 2 aromatic rings. The Kier molecular flexibility index (Phi) is 5.68. The molecular formula is C23H27FN2O3S. The summed E-state index contributed by atoms with van der Waals surface area (Å²) in [6.45, 7) is 3.22. The molecule has 1 N–H and O–H groups in total. The van der Waals surface area contributed by atoms with Gasteiger partial charge in [-0.05, 0) is 78.5 Å². The summed E-state index contributed by atoms with van der Waals surface area (Å²) in [6, 6.07) is 11.7. The fourth-order valence-electron chi connectivity index (χ4n) is 4.14. The lowest BCUT2D eigenvalue weighted by Gasteiger charge is -2.17. The number of sulfonamides is 1. The van der Waals surface area contributed by atoms with Crippen LogP contribution in [0.15, 0.2) is 47.4 Å². The van der Waals surface area contributed by atoms with E-state index in [-0.39, 0.29) is 22.0 Å². The van der Waals surface area contributed by atoms with Crippen LogP contribution in [0.3, 0.4) is 0 Å². The Balaban J connectivity index is 1.43. The molecule has 1 heterocycles. The molecule has 30 heavy (non-hydrogen) atoms. The molecule has 0 atom stereocenters. The van der Waals surface area contributed by atoms with Crippen molar-refractivity contribution in [1.29, 1.82) is 0 Å². The zero-order chi connectivity index (χ0) is 21.4. The maximum absolute atomic E-state index is 13.1. The number of fused-ring (bicyclic) bond motifs is 1. The highest BCUT2D eigenvalue weighted by atomic mass is 32.2. The van der Waals surface area contributed by atoms with Gasteiger partial charge in [-0.25, -0.2) is 17.5 Å². The van der Waals surface area contributed by atoms with Crippen molar-refractivity contribution in [1.82, 2.24) is 9.62 Å². The first-order chi connectivity index (χ1) is 14.3. The van der Waals surface area contributed by atoms with Crippen LogP contribution in [0.4, 0.5) is 4.39 Å². The first kappa shape index (κ1) is 21.0. The summed E-state index contributed by atoms with van der Waals surface area (Å²) in [6.07, 6.45) is 4.05. The Hall–Kier alpha value is -2.25. The average Bonchev–Trinajstić information content (AvgIpc) is 3.51. The monoisotopic (exact) mass is 430 g/mol. The van der Waals surface area contributed by atoms with Crippen molar-refractivity contribution in [2.45, 2.75) is 43.9 Å². The number of hydrogen-bond acceptors (Lipinski definition) is 3. The topological polar surface area (TPSA) is 66.5 Å². The second-order valence-corrected chi connectivity index (χ2v) is 10.3. The van der Waals surface area contributed by atoms with Crippen molar-refractivity contribution in [2.24, 2.45) is 5.41 Å². The maximum Gasteiger partial charge on any atom is 0.240 e. The van der Waals surface area contributed by atoms with E-state index in [9.17, 15) is 17.6 Å². The molecule has 7 heteroatoms. The molecule has 1 amide bonds. The van der Waals surface area contributed by atoms with E-state index >= 15 is 0 Å². The first-order valence-electron chi connectivity index (χ1n) is 10.4. The molecular weight excluding hydrogens is 403 g/mol. The fraction of sp³-hybridized carbons (Fsp3) is 0.435. The Bertz CT molecular complexity index is 1050. The van der Waals surface area contributed by atoms with Gasteiger partial charge in [0, 0.05) is 26.6 Å². The molecule has 0 spiro atoms. The van der Waals surface area contributed by atoms with E-state index < -0.39 is 10.0 Å². The summed E-state index contributed by atoms with van der Waals surface area (Å²) < 4.78 is 41.8. The highest BCUT2D eigenvalue weighted by Gasteiger charge is 2.43. The molecule has 2 aromatic carbocycles. The number of rotatable bonds is 6. The molecule has 0 unspecified atom stereocenters. The zero-order valence-electron chi connectivity index (χ0n) is 17.2. The number of nitrogens with one attached hydrogen (secondary N) is 1. The zero-order valence-corrected chi connectivity index (χ0v) is 18.0. The van der Waals surface area contributed by atoms with Gasteiger partial charge in [-0.15, -0.1) is 0 Å². The van der Waals surface area contributed by atoms with Gasteiger partial charge >= 0.3 is 0 Å². The summed E-state index contributed by atoms with van der Waals surface area (Å²) >= 11 is 0. The molecule has 1 aliphatic carbocycles. The molecule has 0 aromatic heterocycles. The first-order valence-corrected chi connectivity index (χ1v) is 11.9. The molecule has 0 bridgehead atoms. The molecule has 0 radical (unpaired) electrons. The van der Waals surface area contributed by atoms with E-state index in [0.717, 1.165) is 42.4 Å². The van der Waals surface area contributed by atoms with Crippen molar-refractivity contribution >= 4 is 15.9 Å². The van der Waals surface area contributed by atoms with Crippen molar-refractivity contribution in [3.63, 3.8) is 0 Å². The summed E-state index contributed by atoms with van der Waals surface area (Å²) in [5.41, 5.74) is 3.04. The van der Waals surface area contributed by atoms with Crippen LogP contribution in [0.1, 0.15) is 36.5 Å². The lowest BCUT2D eigenvalue weighted by atomic mass is 9.97. The van der Waals surface area contributed by atoms with Crippen molar-refractivity contribution in [3.8, 4) is 0 Å². The third kappa shape index (κ3) is 4.73. The third-order valence-corrected chi connectivity index (χ3v) is 7.72. The van der Waals surface area contributed by atoms with Crippen LogP contribution in [0.2, 0.25) is 0 Å². The van der Waals surface area contributed by atoms with E-state index in [4.69, 9.17) is 0 Å². The minimum Gasteiger partial charge on any atom is -0.342 e. The summed E-state index contributed by atoms with van der Waals surface area (Å²) in [7, 11) is -3.62. The van der Waals surface area contributed by atoms with E-state index in [0.29, 0.717) is 26.1 Å². The van der Waals surface area contributed by atoms with Crippen LogP contribution < -0.4 is 4.72 Å². The smallest absolute Gasteiger partial charge is 0.240 e. The van der Waals surface area contributed by atoms with Crippen LogP contribution in [-0.4, -0.2) is 38.9 Å². The standard InChI is InChI=1S/C23H27FN2O3S/c1-17(27)26-12-8-19-4-7-22(14-20(19)9-13-26)30(28,29)25-16-23(10-11-23)15-18-2-5-21(24)6-3-18/h2-7,14,25H,8-13,15-16H2,1H3. The lowest BCUT2D eigenvalue weighted by Crippen LogP contribution is -2.31. The Morgan fingerprint density at radius 2 is 1.73 bits per heavy atom. The number of carbonyl (C=O) groups excluding carboxylic acids is 1. The van der Waals surface area contributed by atoms with Gasteiger partial charge in [0.2, 0.25) is 15.9 Å². The average molecular weight is 431 g/mol. The number of halogens is 1. The molecule has 1 fully saturated rings. The van der Waals surface area contributed by atoms with Gasteiger partial charge in [-0.1, -0.05) is 18.2 Å². The van der Waals surface area contributed by atoms with Gasteiger partial charge in [0.25, 0.3) is 0 Å². The minimum atomic E-state index is -3.62. The Morgan fingerprint density at radius 1 is 1.07 bits per heavy atom.